The molecule has 1 aromatic rings. The summed E-state index contributed by atoms with van der Waals surface area (Å²) in [6.45, 7) is 2.90. The molecule has 0 saturated heterocycles. The number of carboxylic acid groups (broad SMARTS) is 1. The first-order valence-electron chi connectivity index (χ1n) is 5.45. The van der Waals surface area contributed by atoms with E-state index in [-0.39, 0.29) is 6.61 Å². The molecule has 17 heavy (non-hydrogen) atoms. The molecule has 0 heterocycles. The van der Waals surface area contributed by atoms with Crippen molar-refractivity contribution in [3.05, 3.63) is 35.9 Å². The lowest BCUT2D eigenvalue weighted by Crippen LogP contribution is -2.40. The van der Waals surface area contributed by atoms with E-state index in [1.54, 1.807) is 31.2 Å². The second-order valence-electron chi connectivity index (χ2n) is 3.89. The van der Waals surface area contributed by atoms with Crippen LogP contribution in [0.5, 0.6) is 0 Å². The number of ether oxygens (including phenoxy) is 1. The van der Waals surface area contributed by atoms with Crippen molar-refractivity contribution in [1.29, 1.82) is 0 Å². The maximum atomic E-state index is 11.5. The Morgan fingerprint density at radius 3 is 2.29 bits per heavy atom. The molecule has 0 saturated carbocycles. The number of esters is 1. The van der Waals surface area contributed by atoms with E-state index in [4.69, 9.17) is 4.74 Å². The summed E-state index contributed by atoms with van der Waals surface area (Å²) in [6, 6.07) is 8.84. The minimum absolute atomic E-state index is 0.141. The van der Waals surface area contributed by atoms with Gasteiger partial charge in [0.15, 0.2) is 0 Å². The van der Waals surface area contributed by atoms with E-state index in [0.717, 1.165) is 0 Å². The van der Waals surface area contributed by atoms with E-state index in [0.29, 0.717) is 12.0 Å². The fraction of sp³-hybridized carbons (Fsp3) is 0.385. The Labute approximate surface area is 100 Å². The van der Waals surface area contributed by atoms with Crippen molar-refractivity contribution in [2.45, 2.75) is 25.7 Å². The maximum Gasteiger partial charge on any atom is 0.317 e. The normalized spacial score (nSPS) is 13.8. The third-order valence-electron chi connectivity index (χ3n) is 2.86. The molecule has 0 amide bonds. The van der Waals surface area contributed by atoms with E-state index >= 15 is 0 Å². The van der Waals surface area contributed by atoms with Crippen LogP contribution < -0.4 is 0 Å². The van der Waals surface area contributed by atoms with Crippen molar-refractivity contribution in [2.75, 3.05) is 6.61 Å². The van der Waals surface area contributed by atoms with Crippen molar-refractivity contribution in [1.82, 2.24) is 0 Å². The standard InChI is InChI=1S/C13H16O4/c1-3-13(12(15)16,9-17-10(2)14)11-7-5-4-6-8-11/h4-8H,3,9H2,1-2H3,(H,15,16)/t13-/m1/s1. The van der Waals surface area contributed by atoms with Crippen LogP contribution in [0.15, 0.2) is 30.3 Å². The summed E-state index contributed by atoms with van der Waals surface area (Å²) in [5.74, 6) is -1.45. The molecule has 0 aromatic heterocycles. The predicted octanol–water partition coefficient (Wildman–Crippen LogP) is 1.98. The Hall–Kier alpha value is -1.84. The number of aliphatic carboxylic acids is 1. The Kier molecular flexibility index (Phi) is 4.26. The Morgan fingerprint density at radius 1 is 1.29 bits per heavy atom. The first-order chi connectivity index (χ1) is 8.03. The monoisotopic (exact) mass is 236 g/mol. The third-order valence-corrected chi connectivity index (χ3v) is 2.86. The first kappa shape index (κ1) is 13.2. The molecule has 0 spiro atoms. The Balaban J connectivity index is 3.09. The van der Waals surface area contributed by atoms with Gasteiger partial charge >= 0.3 is 11.9 Å². The average Bonchev–Trinajstić information content (AvgIpc) is 2.31. The number of carboxylic acids is 1. The smallest absolute Gasteiger partial charge is 0.317 e. The third kappa shape index (κ3) is 2.84. The molecule has 0 fully saturated rings. The summed E-state index contributed by atoms with van der Waals surface area (Å²) in [5.41, 5.74) is -0.510. The van der Waals surface area contributed by atoms with Crippen LogP contribution in [-0.2, 0) is 19.7 Å². The largest absolute Gasteiger partial charge is 0.480 e. The van der Waals surface area contributed by atoms with Crippen LogP contribution in [0.3, 0.4) is 0 Å². The van der Waals surface area contributed by atoms with E-state index < -0.39 is 17.4 Å². The highest BCUT2D eigenvalue weighted by Gasteiger charge is 2.39. The zero-order valence-corrected chi connectivity index (χ0v) is 9.97. The van der Waals surface area contributed by atoms with Gasteiger partial charge in [-0.1, -0.05) is 37.3 Å². The van der Waals surface area contributed by atoms with E-state index in [1.165, 1.54) is 6.92 Å². The van der Waals surface area contributed by atoms with Crippen molar-refractivity contribution in [3.8, 4) is 0 Å². The van der Waals surface area contributed by atoms with Crippen LogP contribution in [0.2, 0.25) is 0 Å². The van der Waals surface area contributed by atoms with Gasteiger partial charge in [0.1, 0.15) is 12.0 Å². The highest BCUT2D eigenvalue weighted by atomic mass is 16.5. The van der Waals surface area contributed by atoms with E-state index in [2.05, 4.69) is 0 Å². The minimum atomic E-state index is -1.16. The fourth-order valence-electron chi connectivity index (χ4n) is 1.71. The highest BCUT2D eigenvalue weighted by molar-refractivity contribution is 5.82. The molecular formula is C13H16O4. The predicted molar refractivity (Wildman–Crippen MR) is 62.7 cm³/mol. The van der Waals surface area contributed by atoms with E-state index in [1.807, 2.05) is 6.07 Å². The molecule has 4 nitrogen and oxygen atoms in total. The van der Waals surface area contributed by atoms with Gasteiger partial charge < -0.3 is 9.84 Å². The summed E-state index contributed by atoms with van der Waals surface area (Å²) < 4.78 is 4.89. The number of hydrogen-bond donors (Lipinski definition) is 1. The van der Waals surface area contributed by atoms with Crippen molar-refractivity contribution < 1.29 is 19.4 Å². The first-order valence-corrected chi connectivity index (χ1v) is 5.45. The molecule has 0 unspecified atom stereocenters. The maximum absolute atomic E-state index is 11.5. The molecule has 1 N–H and O–H groups in total. The van der Waals surface area contributed by atoms with Crippen LogP contribution in [-0.4, -0.2) is 23.7 Å². The zero-order valence-electron chi connectivity index (χ0n) is 9.97. The lowest BCUT2D eigenvalue weighted by molar-refractivity contribution is -0.152. The van der Waals surface area contributed by atoms with Crippen LogP contribution in [0, 0.1) is 0 Å². The number of benzene rings is 1. The SMILES string of the molecule is CC[C@](COC(C)=O)(C(=O)O)c1ccccc1. The minimum Gasteiger partial charge on any atom is -0.480 e. The highest BCUT2D eigenvalue weighted by Crippen LogP contribution is 2.28. The lowest BCUT2D eigenvalue weighted by atomic mass is 9.79. The molecule has 0 bridgehead atoms. The second kappa shape index (κ2) is 5.48. The molecule has 0 aliphatic carbocycles. The number of rotatable bonds is 5. The zero-order chi connectivity index (χ0) is 12.9. The summed E-state index contributed by atoms with van der Waals surface area (Å²) in [7, 11) is 0. The van der Waals surface area contributed by atoms with Crippen molar-refractivity contribution in [3.63, 3.8) is 0 Å². The van der Waals surface area contributed by atoms with Gasteiger partial charge in [0.2, 0.25) is 0 Å². The molecule has 1 rings (SSSR count). The van der Waals surface area contributed by atoms with Gasteiger partial charge in [-0.15, -0.1) is 0 Å². The molecule has 0 radical (unpaired) electrons. The number of carbonyl (C=O) groups excluding carboxylic acids is 1. The van der Waals surface area contributed by atoms with Gasteiger partial charge in [-0.2, -0.15) is 0 Å². The fourth-order valence-corrected chi connectivity index (χ4v) is 1.71. The molecule has 4 heteroatoms. The van der Waals surface area contributed by atoms with E-state index in [9.17, 15) is 14.7 Å². The Bertz CT molecular complexity index is 399. The van der Waals surface area contributed by atoms with Gasteiger partial charge in [0, 0.05) is 6.92 Å². The summed E-state index contributed by atoms with van der Waals surface area (Å²) in [5, 5.41) is 9.40. The number of hydrogen-bond acceptors (Lipinski definition) is 3. The van der Waals surface area contributed by atoms with Crippen molar-refractivity contribution in [2.24, 2.45) is 0 Å². The average molecular weight is 236 g/mol. The van der Waals surface area contributed by atoms with Gasteiger partial charge in [-0.05, 0) is 12.0 Å². The summed E-state index contributed by atoms with van der Waals surface area (Å²) >= 11 is 0. The van der Waals surface area contributed by atoms with Crippen LogP contribution in [0.1, 0.15) is 25.8 Å². The molecule has 92 valence electrons. The Morgan fingerprint density at radius 2 is 1.88 bits per heavy atom. The molecule has 0 aliphatic heterocycles. The van der Waals surface area contributed by atoms with Crippen molar-refractivity contribution >= 4 is 11.9 Å². The van der Waals surface area contributed by atoms with Gasteiger partial charge in [-0.25, -0.2) is 0 Å². The van der Waals surface area contributed by atoms with Crippen LogP contribution in [0.25, 0.3) is 0 Å². The molecule has 1 aromatic carbocycles. The quantitative estimate of drug-likeness (QED) is 0.794. The summed E-state index contributed by atoms with van der Waals surface area (Å²) in [4.78, 5) is 22.3. The van der Waals surface area contributed by atoms with Crippen LogP contribution in [0.4, 0.5) is 0 Å². The molecular weight excluding hydrogens is 220 g/mol. The second-order valence-corrected chi connectivity index (χ2v) is 3.89. The van der Waals surface area contributed by atoms with Gasteiger partial charge in [0.05, 0.1) is 0 Å². The van der Waals surface area contributed by atoms with Gasteiger partial charge in [-0.3, -0.25) is 9.59 Å². The number of carbonyl (C=O) groups is 2. The topological polar surface area (TPSA) is 63.6 Å². The van der Waals surface area contributed by atoms with Crippen LogP contribution >= 0.6 is 0 Å². The molecule has 0 aliphatic rings. The molecule has 1 atom stereocenters. The lowest BCUT2D eigenvalue weighted by Gasteiger charge is -2.27. The van der Waals surface area contributed by atoms with Gasteiger partial charge in [0.25, 0.3) is 0 Å². The summed E-state index contributed by atoms with van der Waals surface area (Å²) in [6.07, 6.45) is 0.361.